The molecule has 108 valence electrons. The summed E-state index contributed by atoms with van der Waals surface area (Å²) in [5.74, 6) is 1.35. The highest BCUT2D eigenvalue weighted by molar-refractivity contribution is 5.94. The van der Waals surface area contributed by atoms with Crippen molar-refractivity contribution in [3.8, 4) is 0 Å². The second-order valence-corrected chi connectivity index (χ2v) is 5.83. The van der Waals surface area contributed by atoms with Crippen LogP contribution in [0, 0.1) is 11.8 Å². The number of carbonyl (C=O) groups excluding carboxylic acids is 1. The van der Waals surface area contributed by atoms with E-state index in [2.05, 4.69) is 30.6 Å². The van der Waals surface area contributed by atoms with Crippen LogP contribution in [0.25, 0.3) is 0 Å². The summed E-state index contributed by atoms with van der Waals surface area (Å²) in [5, 5.41) is 6.11. The molecular weight excluding hydrogens is 248 g/mol. The Morgan fingerprint density at radius 3 is 2.60 bits per heavy atom. The van der Waals surface area contributed by atoms with Crippen LogP contribution in [0.15, 0.2) is 35.9 Å². The van der Waals surface area contributed by atoms with Crippen molar-refractivity contribution in [1.82, 2.24) is 5.32 Å². The molecule has 2 atom stereocenters. The van der Waals surface area contributed by atoms with Crippen LogP contribution in [-0.4, -0.2) is 19.5 Å². The average Bonchev–Trinajstić information content (AvgIpc) is 2.44. The molecule has 1 aliphatic rings. The molecule has 0 spiro atoms. The fourth-order valence-electron chi connectivity index (χ4n) is 2.99. The summed E-state index contributed by atoms with van der Waals surface area (Å²) in [6, 6.07) is 7.66. The number of carbonyl (C=O) groups is 1. The topological polar surface area (TPSA) is 41.1 Å². The Balaban J connectivity index is 1.88. The summed E-state index contributed by atoms with van der Waals surface area (Å²) in [6.07, 6.45) is 4.82. The van der Waals surface area contributed by atoms with E-state index in [1.165, 1.54) is 18.4 Å². The fraction of sp³-hybridized carbons (Fsp3) is 0.471. The van der Waals surface area contributed by atoms with E-state index in [0.29, 0.717) is 17.4 Å². The Morgan fingerprint density at radius 2 is 2.00 bits per heavy atom. The number of allylic oxidation sites excluding steroid dienone is 2. The molecule has 2 unspecified atom stereocenters. The number of hydrogen-bond acceptors (Lipinski definition) is 2. The van der Waals surface area contributed by atoms with E-state index < -0.39 is 0 Å². The van der Waals surface area contributed by atoms with Crippen molar-refractivity contribution in [3.63, 3.8) is 0 Å². The van der Waals surface area contributed by atoms with Gasteiger partial charge in [-0.05, 0) is 55.9 Å². The van der Waals surface area contributed by atoms with Crippen LogP contribution in [0.5, 0.6) is 0 Å². The third-order valence-electron chi connectivity index (χ3n) is 3.85. The zero-order chi connectivity index (χ0) is 14.5. The minimum atomic E-state index is -0.0431. The molecule has 0 bridgehead atoms. The molecule has 0 fully saturated rings. The molecule has 0 saturated carbocycles. The number of nitrogens with one attached hydrogen (secondary N) is 2. The van der Waals surface area contributed by atoms with Crippen molar-refractivity contribution in [1.29, 1.82) is 0 Å². The second kappa shape index (κ2) is 6.60. The molecule has 3 nitrogen and oxygen atoms in total. The van der Waals surface area contributed by atoms with E-state index in [0.717, 1.165) is 12.2 Å². The molecule has 0 heterocycles. The molecule has 1 amide bonds. The standard InChI is InChI=1S/C17H24N2O/c1-12-8-13(2)10-14(9-12)11-19-16-6-4-15(5-7-16)17(20)18-3/h4-8,12,14,19H,9-11H2,1-3H3,(H,18,20). The first-order valence-electron chi connectivity index (χ1n) is 7.31. The average molecular weight is 272 g/mol. The van der Waals surface area contributed by atoms with Crippen LogP contribution in [0.2, 0.25) is 0 Å². The van der Waals surface area contributed by atoms with Gasteiger partial charge in [-0.25, -0.2) is 0 Å². The van der Waals surface area contributed by atoms with Gasteiger partial charge in [0.25, 0.3) is 5.91 Å². The minimum Gasteiger partial charge on any atom is -0.385 e. The van der Waals surface area contributed by atoms with Gasteiger partial charge in [0.2, 0.25) is 0 Å². The normalized spacial score (nSPS) is 22.1. The molecule has 0 aromatic heterocycles. The lowest BCUT2D eigenvalue weighted by atomic mass is 9.84. The summed E-state index contributed by atoms with van der Waals surface area (Å²) in [7, 11) is 1.65. The first-order valence-corrected chi connectivity index (χ1v) is 7.31. The molecule has 2 N–H and O–H groups in total. The number of anilines is 1. The Morgan fingerprint density at radius 1 is 1.30 bits per heavy atom. The van der Waals surface area contributed by atoms with Crippen molar-refractivity contribution < 1.29 is 4.79 Å². The van der Waals surface area contributed by atoms with Crippen molar-refractivity contribution in [2.45, 2.75) is 26.7 Å². The third-order valence-corrected chi connectivity index (χ3v) is 3.85. The Hall–Kier alpha value is -1.77. The van der Waals surface area contributed by atoms with E-state index in [9.17, 15) is 4.79 Å². The Bertz CT molecular complexity index is 490. The highest BCUT2D eigenvalue weighted by atomic mass is 16.1. The van der Waals surface area contributed by atoms with Gasteiger partial charge in [-0.15, -0.1) is 0 Å². The van der Waals surface area contributed by atoms with Gasteiger partial charge in [0.05, 0.1) is 0 Å². The molecular formula is C17H24N2O. The monoisotopic (exact) mass is 272 g/mol. The number of rotatable bonds is 4. The number of amides is 1. The third kappa shape index (κ3) is 3.86. The molecule has 20 heavy (non-hydrogen) atoms. The predicted molar refractivity (Wildman–Crippen MR) is 84.0 cm³/mol. The molecule has 0 radical (unpaired) electrons. The summed E-state index contributed by atoms with van der Waals surface area (Å²) >= 11 is 0. The van der Waals surface area contributed by atoms with E-state index in [-0.39, 0.29) is 5.91 Å². The van der Waals surface area contributed by atoms with E-state index >= 15 is 0 Å². The highest BCUT2D eigenvalue weighted by Gasteiger charge is 2.17. The summed E-state index contributed by atoms with van der Waals surface area (Å²) in [4.78, 5) is 11.5. The van der Waals surface area contributed by atoms with Gasteiger partial charge in [0, 0.05) is 24.8 Å². The zero-order valence-corrected chi connectivity index (χ0v) is 12.6. The van der Waals surface area contributed by atoms with Gasteiger partial charge in [-0.3, -0.25) is 4.79 Å². The van der Waals surface area contributed by atoms with Gasteiger partial charge in [-0.1, -0.05) is 18.6 Å². The summed E-state index contributed by atoms with van der Waals surface area (Å²) < 4.78 is 0. The lowest BCUT2D eigenvalue weighted by Crippen LogP contribution is -2.20. The van der Waals surface area contributed by atoms with E-state index in [1.807, 2.05) is 24.3 Å². The SMILES string of the molecule is CNC(=O)c1ccc(NCC2CC(C)=CC(C)C2)cc1. The lowest BCUT2D eigenvalue weighted by Gasteiger charge is -2.26. The number of hydrogen-bond donors (Lipinski definition) is 2. The summed E-state index contributed by atoms with van der Waals surface area (Å²) in [5.41, 5.74) is 3.28. The van der Waals surface area contributed by atoms with Crippen LogP contribution in [-0.2, 0) is 0 Å². The maximum atomic E-state index is 11.5. The highest BCUT2D eigenvalue weighted by Crippen LogP contribution is 2.28. The Labute approximate surface area is 121 Å². The zero-order valence-electron chi connectivity index (χ0n) is 12.6. The van der Waals surface area contributed by atoms with Crippen molar-refractivity contribution in [2.24, 2.45) is 11.8 Å². The second-order valence-electron chi connectivity index (χ2n) is 5.83. The molecule has 1 aromatic carbocycles. The predicted octanol–water partition coefficient (Wildman–Crippen LogP) is 3.45. The maximum Gasteiger partial charge on any atom is 0.251 e. The van der Waals surface area contributed by atoms with Gasteiger partial charge in [0.1, 0.15) is 0 Å². The maximum absolute atomic E-state index is 11.5. The quantitative estimate of drug-likeness (QED) is 0.824. The van der Waals surface area contributed by atoms with E-state index in [1.54, 1.807) is 7.05 Å². The molecule has 3 heteroatoms. The minimum absolute atomic E-state index is 0.0431. The number of benzene rings is 1. The first kappa shape index (κ1) is 14.6. The largest absolute Gasteiger partial charge is 0.385 e. The van der Waals surface area contributed by atoms with E-state index in [4.69, 9.17) is 0 Å². The van der Waals surface area contributed by atoms with Crippen LogP contribution in [0.3, 0.4) is 0 Å². The Kier molecular flexibility index (Phi) is 4.83. The van der Waals surface area contributed by atoms with Gasteiger partial charge in [-0.2, -0.15) is 0 Å². The first-order chi connectivity index (χ1) is 9.58. The smallest absolute Gasteiger partial charge is 0.251 e. The lowest BCUT2D eigenvalue weighted by molar-refractivity contribution is 0.0963. The van der Waals surface area contributed by atoms with Crippen molar-refractivity contribution in [2.75, 3.05) is 18.9 Å². The molecule has 2 rings (SSSR count). The van der Waals surface area contributed by atoms with Gasteiger partial charge < -0.3 is 10.6 Å². The van der Waals surface area contributed by atoms with Crippen molar-refractivity contribution in [3.05, 3.63) is 41.5 Å². The van der Waals surface area contributed by atoms with Crippen molar-refractivity contribution >= 4 is 11.6 Å². The molecule has 1 aromatic rings. The molecule has 0 saturated heterocycles. The molecule has 1 aliphatic carbocycles. The van der Waals surface area contributed by atoms with Crippen LogP contribution < -0.4 is 10.6 Å². The van der Waals surface area contributed by atoms with Crippen LogP contribution >= 0.6 is 0 Å². The van der Waals surface area contributed by atoms with Crippen LogP contribution in [0.1, 0.15) is 37.0 Å². The van der Waals surface area contributed by atoms with Gasteiger partial charge >= 0.3 is 0 Å². The van der Waals surface area contributed by atoms with Crippen LogP contribution in [0.4, 0.5) is 5.69 Å². The summed E-state index contributed by atoms with van der Waals surface area (Å²) in [6.45, 7) is 5.50. The van der Waals surface area contributed by atoms with Gasteiger partial charge in [0.15, 0.2) is 0 Å². The fourth-order valence-corrected chi connectivity index (χ4v) is 2.99. The molecule has 0 aliphatic heterocycles.